The van der Waals surface area contributed by atoms with Crippen LogP contribution in [0.2, 0.25) is 0 Å². The molecule has 0 atom stereocenters. The van der Waals surface area contributed by atoms with Gasteiger partial charge in [0.2, 0.25) is 0 Å². The third-order valence-electron chi connectivity index (χ3n) is 1.50. The fraction of sp³-hybridized carbons (Fsp3) is 0.250. The molecule has 0 saturated heterocycles. The molecule has 0 heterocycles. The molecule has 11 heavy (non-hydrogen) atoms. The lowest BCUT2D eigenvalue weighted by molar-refractivity contribution is 1.13. The summed E-state index contributed by atoms with van der Waals surface area (Å²) in [6.45, 7) is 0. The number of hydrogen-bond donors (Lipinski definition) is 1. The Morgan fingerprint density at radius 3 is 2.45 bits per heavy atom. The topological polar surface area (TPSA) is 29.3 Å². The van der Waals surface area contributed by atoms with Crippen LogP contribution in [0.1, 0.15) is 0 Å². The molecule has 0 aliphatic heterocycles. The standard InChI is InChI=1S/C8H11BrN2/c1-11(2)6-3-4-8(10)7(9)5-6/h3-5H,10H2,1-2H3. The van der Waals surface area contributed by atoms with E-state index in [0.717, 1.165) is 15.8 Å². The van der Waals surface area contributed by atoms with Crippen molar-refractivity contribution in [3.63, 3.8) is 0 Å². The molecule has 1 rings (SSSR count). The summed E-state index contributed by atoms with van der Waals surface area (Å²) in [6, 6.07) is 5.87. The Balaban J connectivity index is 3.05. The number of nitrogens with zero attached hydrogens (tertiary/aromatic N) is 1. The predicted molar refractivity (Wildman–Crippen MR) is 52.9 cm³/mol. The molecule has 2 N–H and O–H groups in total. The van der Waals surface area contributed by atoms with Crippen LogP contribution in [0.25, 0.3) is 0 Å². The predicted octanol–water partition coefficient (Wildman–Crippen LogP) is 2.10. The fourth-order valence-electron chi connectivity index (χ4n) is 0.794. The van der Waals surface area contributed by atoms with Crippen molar-refractivity contribution in [1.29, 1.82) is 0 Å². The van der Waals surface area contributed by atoms with E-state index in [0.29, 0.717) is 0 Å². The van der Waals surface area contributed by atoms with E-state index < -0.39 is 0 Å². The number of anilines is 2. The maximum Gasteiger partial charge on any atom is 0.0460 e. The second kappa shape index (κ2) is 3.13. The van der Waals surface area contributed by atoms with Gasteiger partial charge in [-0.2, -0.15) is 0 Å². The van der Waals surface area contributed by atoms with Crippen LogP contribution in [-0.2, 0) is 0 Å². The molecule has 0 aliphatic carbocycles. The Bertz CT molecular complexity index is 258. The highest BCUT2D eigenvalue weighted by molar-refractivity contribution is 9.10. The summed E-state index contributed by atoms with van der Waals surface area (Å²) in [4.78, 5) is 2.03. The Kier molecular flexibility index (Phi) is 2.39. The van der Waals surface area contributed by atoms with Crippen molar-refractivity contribution in [3.05, 3.63) is 22.7 Å². The van der Waals surface area contributed by atoms with Crippen molar-refractivity contribution in [1.82, 2.24) is 0 Å². The van der Waals surface area contributed by atoms with Crippen molar-refractivity contribution in [2.45, 2.75) is 0 Å². The van der Waals surface area contributed by atoms with Gasteiger partial charge in [0.25, 0.3) is 0 Å². The summed E-state index contributed by atoms with van der Waals surface area (Å²) < 4.78 is 0.948. The molecule has 0 aromatic heterocycles. The van der Waals surface area contributed by atoms with Gasteiger partial charge in [-0.05, 0) is 34.1 Å². The molecule has 1 aromatic rings. The molecule has 0 fully saturated rings. The number of hydrogen-bond acceptors (Lipinski definition) is 2. The van der Waals surface area contributed by atoms with Gasteiger partial charge >= 0.3 is 0 Å². The van der Waals surface area contributed by atoms with Crippen molar-refractivity contribution in [2.75, 3.05) is 24.7 Å². The summed E-state index contributed by atoms with van der Waals surface area (Å²) in [6.07, 6.45) is 0. The van der Waals surface area contributed by atoms with E-state index in [2.05, 4.69) is 15.9 Å². The van der Waals surface area contributed by atoms with Crippen molar-refractivity contribution < 1.29 is 0 Å². The molecular weight excluding hydrogens is 204 g/mol. The maximum atomic E-state index is 5.62. The molecule has 60 valence electrons. The molecule has 0 amide bonds. The molecule has 3 heteroatoms. The fourth-order valence-corrected chi connectivity index (χ4v) is 1.16. The van der Waals surface area contributed by atoms with Crippen LogP contribution in [0.5, 0.6) is 0 Å². The quantitative estimate of drug-likeness (QED) is 0.727. The van der Waals surface area contributed by atoms with Gasteiger partial charge in [-0.25, -0.2) is 0 Å². The number of rotatable bonds is 1. The Hall–Kier alpha value is -0.700. The van der Waals surface area contributed by atoms with Gasteiger partial charge in [0.15, 0.2) is 0 Å². The Labute approximate surface area is 75.1 Å². The first kappa shape index (κ1) is 8.40. The molecule has 0 bridgehead atoms. The second-order valence-electron chi connectivity index (χ2n) is 2.60. The van der Waals surface area contributed by atoms with Gasteiger partial charge in [-0.1, -0.05) is 0 Å². The molecule has 2 nitrogen and oxygen atoms in total. The smallest absolute Gasteiger partial charge is 0.0460 e. The monoisotopic (exact) mass is 214 g/mol. The van der Waals surface area contributed by atoms with Gasteiger partial charge in [-0.15, -0.1) is 0 Å². The van der Waals surface area contributed by atoms with E-state index in [4.69, 9.17) is 5.73 Å². The maximum absolute atomic E-state index is 5.62. The zero-order valence-electron chi connectivity index (χ0n) is 6.63. The zero-order chi connectivity index (χ0) is 8.43. The summed E-state index contributed by atoms with van der Waals surface area (Å²) in [5.74, 6) is 0. The van der Waals surface area contributed by atoms with Gasteiger partial charge in [-0.3, -0.25) is 0 Å². The third kappa shape index (κ3) is 1.87. The summed E-state index contributed by atoms with van der Waals surface area (Å²) in [5, 5.41) is 0. The molecule has 0 saturated carbocycles. The highest BCUT2D eigenvalue weighted by Crippen LogP contribution is 2.24. The highest BCUT2D eigenvalue weighted by atomic mass is 79.9. The number of nitrogen functional groups attached to an aromatic ring is 1. The normalized spacial score (nSPS) is 9.73. The van der Waals surface area contributed by atoms with Gasteiger partial charge < -0.3 is 10.6 Å². The first-order valence-electron chi connectivity index (χ1n) is 3.33. The van der Waals surface area contributed by atoms with Crippen molar-refractivity contribution in [3.8, 4) is 0 Å². The van der Waals surface area contributed by atoms with Crippen LogP contribution in [0, 0.1) is 0 Å². The highest BCUT2D eigenvalue weighted by Gasteiger charge is 1.98. The van der Waals surface area contributed by atoms with Crippen LogP contribution in [0.3, 0.4) is 0 Å². The van der Waals surface area contributed by atoms with Crippen LogP contribution >= 0.6 is 15.9 Å². The van der Waals surface area contributed by atoms with Crippen LogP contribution < -0.4 is 10.6 Å². The van der Waals surface area contributed by atoms with E-state index in [1.165, 1.54) is 0 Å². The first-order valence-corrected chi connectivity index (χ1v) is 4.13. The van der Waals surface area contributed by atoms with Crippen LogP contribution in [0.15, 0.2) is 22.7 Å². The largest absolute Gasteiger partial charge is 0.398 e. The van der Waals surface area contributed by atoms with E-state index in [-0.39, 0.29) is 0 Å². The minimum absolute atomic E-state index is 0.774. The average Bonchev–Trinajstić information content (AvgIpc) is 1.94. The van der Waals surface area contributed by atoms with E-state index in [1.807, 2.05) is 37.2 Å². The molecule has 0 aliphatic rings. The van der Waals surface area contributed by atoms with Crippen LogP contribution in [0.4, 0.5) is 11.4 Å². The van der Waals surface area contributed by atoms with Crippen LogP contribution in [-0.4, -0.2) is 14.1 Å². The minimum Gasteiger partial charge on any atom is -0.398 e. The lowest BCUT2D eigenvalue weighted by Gasteiger charge is -2.12. The van der Waals surface area contributed by atoms with E-state index >= 15 is 0 Å². The second-order valence-corrected chi connectivity index (χ2v) is 3.45. The number of halogens is 1. The van der Waals surface area contributed by atoms with Crippen molar-refractivity contribution in [2.24, 2.45) is 0 Å². The molecule has 0 radical (unpaired) electrons. The summed E-state index contributed by atoms with van der Waals surface area (Å²) >= 11 is 3.36. The number of benzene rings is 1. The summed E-state index contributed by atoms with van der Waals surface area (Å²) in [7, 11) is 4.00. The van der Waals surface area contributed by atoms with E-state index in [9.17, 15) is 0 Å². The molecule has 1 aromatic carbocycles. The lowest BCUT2D eigenvalue weighted by atomic mass is 10.3. The Morgan fingerprint density at radius 2 is 2.00 bits per heavy atom. The molecule has 0 unspecified atom stereocenters. The minimum atomic E-state index is 0.774. The third-order valence-corrected chi connectivity index (χ3v) is 2.19. The van der Waals surface area contributed by atoms with E-state index in [1.54, 1.807) is 0 Å². The zero-order valence-corrected chi connectivity index (χ0v) is 8.22. The SMILES string of the molecule is CN(C)c1ccc(N)c(Br)c1. The first-order chi connectivity index (χ1) is 5.11. The van der Waals surface area contributed by atoms with Gasteiger partial charge in [0, 0.05) is 29.9 Å². The summed E-state index contributed by atoms with van der Waals surface area (Å²) in [5.41, 5.74) is 7.54. The molecular formula is C8H11BrN2. The number of nitrogens with two attached hydrogens (primary N) is 1. The Morgan fingerprint density at radius 1 is 1.36 bits per heavy atom. The average molecular weight is 215 g/mol. The van der Waals surface area contributed by atoms with Gasteiger partial charge in [0.1, 0.15) is 0 Å². The lowest BCUT2D eigenvalue weighted by Crippen LogP contribution is -2.08. The van der Waals surface area contributed by atoms with Gasteiger partial charge in [0.05, 0.1) is 0 Å². The molecule has 0 spiro atoms. The van der Waals surface area contributed by atoms with Crippen molar-refractivity contribution >= 4 is 27.3 Å².